The highest BCUT2D eigenvalue weighted by Crippen LogP contribution is 2.11. The molecule has 0 fully saturated rings. The summed E-state index contributed by atoms with van der Waals surface area (Å²) in [7, 11) is 0. The molecule has 1 aromatic rings. The van der Waals surface area contributed by atoms with Crippen LogP contribution in [0, 0.1) is 0 Å². The molecule has 0 spiro atoms. The molecule has 0 aliphatic heterocycles. The van der Waals surface area contributed by atoms with Gasteiger partial charge in [0.15, 0.2) is 0 Å². The van der Waals surface area contributed by atoms with Gasteiger partial charge in [-0.05, 0) is 39.3 Å². The number of hydrogen-bond donors (Lipinski definition) is 2. The number of rotatable bonds is 6. The van der Waals surface area contributed by atoms with Crippen molar-refractivity contribution < 1.29 is 0 Å². The Morgan fingerprint density at radius 1 is 1.35 bits per heavy atom. The Morgan fingerprint density at radius 3 is 2.53 bits per heavy atom. The van der Waals surface area contributed by atoms with Crippen LogP contribution < -0.4 is 10.6 Å². The van der Waals surface area contributed by atoms with Crippen molar-refractivity contribution in [3.63, 3.8) is 0 Å². The summed E-state index contributed by atoms with van der Waals surface area (Å²) in [6, 6.07) is 3.94. The zero-order valence-electron chi connectivity index (χ0n) is 11.2. The van der Waals surface area contributed by atoms with Gasteiger partial charge in [-0.3, -0.25) is 4.98 Å². The van der Waals surface area contributed by atoms with Crippen molar-refractivity contribution in [3.05, 3.63) is 36.3 Å². The molecule has 94 valence electrons. The average molecular weight is 233 g/mol. The highest BCUT2D eigenvalue weighted by atomic mass is 15.0. The maximum Gasteiger partial charge on any atom is 0.0544 e. The van der Waals surface area contributed by atoms with Crippen molar-refractivity contribution in [2.24, 2.45) is 0 Å². The van der Waals surface area contributed by atoms with Gasteiger partial charge in [0.1, 0.15) is 0 Å². The molecule has 0 saturated carbocycles. The summed E-state index contributed by atoms with van der Waals surface area (Å²) in [5, 5.41) is 6.92. The Kier molecular flexibility index (Phi) is 5.01. The van der Waals surface area contributed by atoms with Crippen LogP contribution in [0.4, 0.5) is 5.69 Å². The molecule has 0 bridgehead atoms. The molecule has 0 aliphatic rings. The van der Waals surface area contributed by atoms with Gasteiger partial charge >= 0.3 is 0 Å². The molecule has 3 heteroatoms. The van der Waals surface area contributed by atoms with Crippen LogP contribution in [0.3, 0.4) is 0 Å². The standard InChI is InChI=1S/C14H23N3/c1-5-12(17-14(3,4)6-2)11-16-13-7-9-15-10-8-13/h5,7-10,17H,6,11H2,1-4H3,(H,15,16)/b12-5-. The second kappa shape index (κ2) is 6.28. The van der Waals surface area contributed by atoms with E-state index in [2.05, 4.69) is 49.4 Å². The molecule has 3 nitrogen and oxygen atoms in total. The highest BCUT2D eigenvalue weighted by Gasteiger charge is 2.14. The SMILES string of the molecule is C/C=C(/CNc1ccncc1)NC(C)(C)CC. The maximum absolute atomic E-state index is 4.00. The maximum atomic E-state index is 4.00. The van der Waals surface area contributed by atoms with Gasteiger partial charge in [-0.1, -0.05) is 13.0 Å². The normalized spacial score (nSPS) is 12.4. The molecular weight excluding hydrogens is 210 g/mol. The van der Waals surface area contributed by atoms with Gasteiger partial charge < -0.3 is 10.6 Å². The van der Waals surface area contributed by atoms with E-state index in [0.717, 1.165) is 18.7 Å². The summed E-state index contributed by atoms with van der Waals surface area (Å²) >= 11 is 0. The molecule has 2 N–H and O–H groups in total. The Bertz CT molecular complexity index is 355. The third-order valence-electron chi connectivity index (χ3n) is 2.89. The van der Waals surface area contributed by atoms with Gasteiger partial charge in [0.2, 0.25) is 0 Å². The van der Waals surface area contributed by atoms with E-state index in [9.17, 15) is 0 Å². The number of hydrogen-bond acceptors (Lipinski definition) is 3. The van der Waals surface area contributed by atoms with E-state index >= 15 is 0 Å². The monoisotopic (exact) mass is 233 g/mol. The molecule has 17 heavy (non-hydrogen) atoms. The Balaban J connectivity index is 2.49. The minimum absolute atomic E-state index is 0.141. The lowest BCUT2D eigenvalue weighted by atomic mass is 10.0. The summed E-state index contributed by atoms with van der Waals surface area (Å²) in [5.74, 6) is 0. The van der Waals surface area contributed by atoms with Gasteiger partial charge in [-0.15, -0.1) is 0 Å². The van der Waals surface area contributed by atoms with Crippen molar-refractivity contribution in [1.82, 2.24) is 10.3 Å². The molecule has 1 aromatic heterocycles. The molecule has 0 unspecified atom stereocenters. The molecule has 0 aliphatic carbocycles. The number of nitrogens with zero attached hydrogens (tertiary/aromatic N) is 1. The smallest absolute Gasteiger partial charge is 0.0544 e. The average Bonchev–Trinajstić information content (AvgIpc) is 2.35. The molecular formula is C14H23N3. The van der Waals surface area contributed by atoms with E-state index in [4.69, 9.17) is 0 Å². The van der Waals surface area contributed by atoms with E-state index < -0.39 is 0 Å². The number of pyridine rings is 1. The van der Waals surface area contributed by atoms with Crippen LogP contribution in [0.15, 0.2) is 36.3 Å². The lowest BCUT2D eigenvalue weighted by molar-refractivity contribution is 0.412. The van der Waals surface area contributed by atoms with E-state index in [-0.39, 0.29) is 5.54 Å². The molecule has 0 radical (unpaired) electrons. The minimum Gasteiger partial charge on any atom is -0.382 e. The van der Waals surface area contributed by atoms with Crippen LogP contribution in [0.25, 0.3) is 0 Å². The molecule has 1 rings (SSSR count). The first kappa shape index (κ1) is 13.6. The lowest BCUT2D eigenvalue weighted by Gasteiger charge is -2.28. The number of aromatic nitrogens is 1. The third kappa shape index (κ3) is 4.89. The van der Waals surface area contributed by atoms with Crippen LogP contribution in [-0.2, 0) is 0 Å². The van der Waals surface area contributed by atoms with Crippen molar-refractivity contribution in [1.29, 1.82) is 0 Å². The predicted octanol–water partition coefficient (Wildman–Crippen LogP) is 3.18. The third-order valence-corrected chi connectivity index (χ3v) is 2.89. The Hall–Kier alpha value is -1.51. The summed E-state index contributed by atoms with van der Waals surface area (Å²) in [5.41, 5.74) is 2.45. The Morgan fingerprint density at radius 2 is 2.00 bits per heavy atom. The van der Waals surface area contributed by atoms with Crippen molar-refractivity contribution in [2.75, 3.05) is 11.9 Å². The fourth-order valence-corrected chi connectivity index (χ4v) is 1.41. The topological polar surface area (TPSA) is 37.0 Å². The zero-order valence-corrected chi connectivity index (χ0v) is 11.2. The predicted molar refractivity (Wildman–Crippen MR) is 74.0 cm³/mol. The number of anilines is 1. The summed E-state index contributed by atoms with van der Waals surface area (Å²) < 4.78 is 0. The van der Waals surface area contributed by atoms with Gasteiger partial charge in [0.05, 0.1) is 6.54 Å². The first-order chi connectivity index (χ1) is 8.07. The summed E-state index contributed by atoms with van der Waals surface area (Å²) in [4.78, 5) is 4.00. The first-order valence-corrected chi connectivity index (χ1v) is 6.14. The van der Waals surface area contributed by atoms with Gasteiger partial charge in [0, 0.05) is 29.3 Å². The van der Waals surface area contributed by atoms with Crippen LogP contribution in [0.5, 0.6) is 0 Å². The second-order valence-corrected chi connectivity index (χ2v) is 4.77. The van der Waals surface area contributed by atoms with E-state index in [1.165, 1.54) is 5.70 Å². The van der Waals surface area contributed by atoms with Crippen LogP contribution >= 0.6 is 0 Å². The van der Waals surface area contributed by atoms with Gasteiger partial charge in [-0.2, -0.15) is 0 Å². The number of allylic oxidation sites excluding steroid dienone is 1. The molecule has 0 amide bonds. The van der Waals surface area contributed by atoms with E-state index in [0.29, 0.717) is 0 Å². The fourth-order valence-electron chi connectivity index (χ4n) is 1.41. The van der Waals surface area contributed by atoms with Crippen LogP contribution in [0.2, 0.25) is 0 Å². The first-order valence-electron chi connectivity index (χ1n) is 6.14. The second-order valence-electron chi connectivity index (χ2n) is 4.77. The summed E-state index contributed by atoms with van der Waals surface area (Å²) in [6.07, 6.45) is 6.80. The van der Waals surface area contributed by atoms with Gasteiger partial charge in [0.25, 0.3) is 0 Å². The molecule has 1 heterocycles. The quantitative estimate of drug-likeness (QED) is 0.792. The molecule has 0 saturated heterocycles. The van der Waals surface area contributed by atoms with Gasteiger partial charge in [-0.25, -0.2) is 0 Å². The number of nitrogens with one attached hydrogen (secondary N) is 2. The van der Waals surface area contributed by atoms with Crippen molar-refractivity contribution in [3.8, 4) is 0 Å². The highest BCUT2D eigenvalue weighted by molar-refractivity contribution is 5.42. The zero-order chi connectivity index (χ0) is 12.7. The Labute approximate surface area is 104 Å². The van der Waals surface area contributed by atoms with E-state index in [1.807, 2.05) is 12.1 Å². The molecule has 0 aromatic carbocycles. The lowest BCUT2D eigenvalue weighted by Crippen LogP contribution is -2.39. The summed E-state index contributed by atoms with van der Waals surface area (Å²) in [6.45, 7) is 9.48. The largest absolute Gasteiger partial charge is 0.382 e. The van der Waals surface area contributed by atoms with Crippen LogP contribution in [-0.4, -0.2) is 17.1 Å². The fraction of sp³-hybridized carbons (Fsp3) is 0.500. The van der Waals surface area contributed by atoms with Crippen molar-refractivity contribution in [2.45, 2.75) is 39.7 Å². The molecule has 0 atom stereocenters. The van der Waals surface area contributed by atoms with E-state index in [1.54, 1.807) is 12.4 Å². The van der Waals surface area contributed by atoms with Crippen molar-refractivity contribution >= 4 is 5.69 Å². The minimum atomic E-state index is 0.141. The van der Waals surface area contributed by atoms with Crippen LogP contribution in [0.1, 0.15) is 34.1 Å².